The van der Waals surface area contributed by atoms with Gasteiger partial charge in [-0.3, -0.25) is 4.79 Å². The molecule has 0 bridgehead atoms. The molecule has 2 aromatic carbocycles. The van der Waals surface area contributed by atoms with Crippen molar-refractivity contribution in [3.63, 3.8) is 0 Å². The lowest BCUT2D eigenvalue weighted by molar-refractivity contribution is -0.113. The van der Waals surface area contributed by atoms with Gasteiger partial charge in [0, 0.05) is 18.3 Å². The lowest BCUT2D eigenvalue weighted by atomic mass is 10.2. The standard InChI is InChI=1S/C19H19FN4O2S/c1-3-26-16-10-4-13(5-11-16)18-22-23-19(24(18)2)27-12-17(25)21-15-8-6-14(20)7-9-15/h4-11H,3,12H2,1-2H3,(H,21,25). The summed E-state index contributed by atoms with van der Waals surface area (Å²) in [6.45, 7) is 2.55. The molecule has 0 aliphatic heterocycles. The van der Waals surface area contributed by atoms with Crippen molar-refractivity contribution in [2.45, 2.75) is 12.1 Å². The third kappa shape index (κ3) is 4.85. The van der Waals surface area contributed by atoms with Crippen LogP contribution in [0.1, 0.15) is 6.92 Å². The van der Waals surface area contributed by atoms with Crippen LogP contribution in [-0.4, -0.2) is 33.0 Å². The molecule has 0 saturated heterocycles. The highest BCUT2D eigenvalue weighted by Crippen LogP contribution is 2.24. The van der Waals surface area contributed by atoms with E-state index in [-0.39, 0.29) is 17.5 Å². The highest BCUT2D eigenvalue weighted by atomic mass is 32.2. The number of carbonyl (C=O) groups is 1. The first-order valence-corrected chi connectivity index (χ1v) is 9.36. The lowest BCUT2D eigenvalue weighted by Gasteiger charge is -2.06. The second-order valence-corrected chi connectivity index (χ2v) is 6.61. The van der Waals surface area contributed by atoms with E-state index in [1.165, 1.54) is 36.0 Å². The molecule has 1 N–H and O–H groups in total. The van der Waals surface area contributed by atoms with Crippen molar-refractivity contribution in [1.29, 1.82) is 0 Å². The number of halogens is 1. The Morgan fingerprint density at radius 1 is 1.15 bits per heavy atom. The minimum atomic E-state index is -0.344. The Kier molecular flexibility index (Phi) is 6.08. The summed E-state index contributed by atoms with van der Waals surface area (Å²) in [6.07, 6.45) is 0. The van der Waals surface area contributed by atoms with Gasteiger partial charge in [-0.25, -0.2) is 4.39 Å². The van der Waals surface area contributed by atoms with Crippen molar-refractivity contribution in [2.75, 3.05) is 17.7 Å². The minimum Gasteiger partial charge on any atom is -0.494 e. The molecule has 1 amide bonds. The van der Waals surface area contributed by atoms with Gasteiger partial charge in [-0.05, 0) is 55.5 Å². The zero-order chi connectivity index (χ0) is 19.2. The Hall–Kier alpha value is -2.87. The van der Waals surface area contributed by atoms with E-state index in [2.05, 4.69) is 15.5 Å². The van der Waals surface area contributed by atoms with Gasteiger partial charge in [0.25, 0.3) is 0 Å². The van der Waals surface area contributed by atoms with Crippen molar-refractivity contribution < 1.29 is 13.9 Å². The van der Waals surface area contributed by atoms with Crippen LogP contribution in [0.4, 0.5) is 10.1 Å². The van der Waals surface area contributed by atoms with Crippen LogP contribution in [0.25, 0.3) is 11.4 Å². The summed E-state index contributed by atoms with van der Waals surface area (Å²) < 4.78 is 20.2. The molecule has 140 valence electrons. The highest BCUT2D eigenvalue weighted by Gasteiger charge is 2.13. The molecule has 0 fully saturated rings. The Balaban J connectivity index is 1.61. The number of hydrogen-bond acceptors (Lipinski definition) is 5. The number of hydrogen-bond donors (Lipinski definition) is 1. The topological polar surface area (TPSA) is 69.0 Å². The predicted octanol–water partition coefficient (Wildman–Crippen LogP) is 3.75. The van der Waals surface area contributed by atoms with Crippen LogP contribution in [0, 0.1) is 5.82 Å². The van der Waals surface area contributed by atoms with E-state index >= 15 is 0 Å². The Morgan fingerprint density at radius 2 is 1.85 bits per heavy atom. The summed E-state index contributed by atoms with van der Waals surface area (Å²) in [5.41, 5.74) is 1.46. The quantitative estimate of drug-likeness (QED) is 0.627. The zero-order valence-electron chi connectivity index (χ0n) is 15.0. The largest absolute Gasteiger partial charge is 0.494 e. The lowest BCUT2D eigenvalue weighted by Crippen LogP contribution is -2.14. The second kappa shape index (κ2) is 8.68. The number of ether oxygens (including phenoxy) is 1. The van der Waals surface area contributed by atoms with E-state index in [1.54, 1.807) is 0 Å². The Labute approximate surface area is 160 Å². The molecular weight excluding hydrogens is 367 g/mol. The molecule has 0 radical (unpaired) electrons. The average Bonchev–Trinajstić information content (AvgIpc) is 3.03. The number of nitrogens with zero attached hydrogens (tertiary/aromatic N) is 3. The van der Waals surface area contributed by atoms with Gasteiger partial charge in [0.05, 0.1) is 12.4 Å². The smallest absolute Gasteiger partial charge is 0.234 e. The summed E-state index contributed by atoms with van der Waals surface area (Å²) in [5.74, 6) is 1.14. The van der Waals surface area contributed by atoms with Crippen LogP contribution >= 0.6 is 11.8 Å². The molecular formula is C19H19FN4O2S. The maximum atomic E-state index is 12.9. The van der Waals surface area contributed by atoms with Gasteiger partial charge in [-0.2, -0.15) is 0 Å². The van der Waals surface area contributed by atoms with E-state index in [1.807, 2.05) is 42.8 Å². The van der Waals surface area contributed by atoms with Gasteiger partial charge in [0.2, 0.25) is 5.91 Å². The molecule has 0 atom stereocenters. The summed E-state index contributed by atoms with van der Waals surface area (Å²) in [5, 5.41) is 11.7. The molecule has 27 heavy (non-hydrogen) atoms. The Bertz CT molecular complexity index is 910. The number of anilines is 1. The maximum absolute atomic E-state index is 12.9. The van der Waals surface area contributed by atoms with Gasteiger partial charge in [-0.15, -0.1) is 10.2 Å². The average molecular weight is 386 g/mol. The molecule has 3 rings (SSSR count). The normalized spacial score (nSPS) is 10.6. The van der Waals surface area contributed by atoms with Crippen molar-refractivity contribution in [3.05, 3.63) is 54.3 Å². The van der Waals surface area contributed by atoms with E-state index in [4.69, 9.17) is 4.74 Å². The maximum Gasteiger partial charge on any atom is 0.234 e. The fraction of sp³-hybridized carbons (Fsp3) is 0.211. The van der Waals surface area contributed by atoms with Crippen molar-refractivity contribution in [3.8, 4) is 17.1 Å². The van der Waals surface area contributed by atoms with Crippen molar-refractivity contribution in [1.82, 2.24) is 14.8 Å². The number of carbonyl (C=O) groups excluding carboxylic acids is 1. The molecule has 8 heteroatoms. The predicted molar refractivity (Wildman–Crippen MR) is 103 cm³/mol. The fourth-order valence-corrected chi connectivity index (χ4v) is 3.13. The van der Waals surface area contributed by atoms with Crippen LogP contribution < -0.4 is 10.1 Å². The molecule has 1 heterocycles. The number of thioether (sulfide) groups is 1. The van der Waals surface area contributed by atoms with Gasteiger partial charge in [0.1, 0.15) is 11.6 Å². The van der Waals surface area contributed by atoms with E-state index in [0.717, 1.165) is 11.3 Å². The van der Waals surface area contributed by atoms with Crippen LogP contribution in [0.2, 0.25) is 0 Å². The molecule has 6 nitrogen and oxygen atoms in total. The van der Waals surface area contributed by atoms with Gasteiger partial charge >= 0.3 is 0 Å². The number of rotatable bonds is 7. The van der Waals surface area contributed by atoms with Crippen LogP contribution in [0.3, 0.4) is 0 Å². The van der Waals surface area contributed by atoms with Crippen molar-refractivity contribution in [2.24, 2.45) is 7.05 Å². The van der Waals surface area contributed by atoms with E-state index in [9.17, 15) is 9.18 Å². The van der Waals surface area contributed by atoms with Crippen LogP contribution in [0.5, 0.6) is 5.75 Å². The highest BCUT2D eigenvalue weighted by molar-refractivity contribution is 7.99. The van der Waals surface area contributed by atoms with Crippen LogP contribution in [0.15, 0.2) is 53.7 Å². The first-order valence-electron chi connectivity index (χ1n) is 8.37. The first kappa shape index (κ1) is 18.9. The molecule has 0 unspecified atom stereocenters. The SMILES string of the molecule is CCOc1ccc(-c2nnc(SCC(=O)Nc3ccc(F)cc3)n2C)cc1. The Morgan fingerprint density at radius 3 is 2.52 bits per heavy atom. The molecule has 0 aliphatic carbocycles. The summed E-state index contributed by atoms with van der Waals surface area (Å²) in [4.78, 5) is 12.1. The first-order chi connectivity index (χ1) is 13.1. The van der Waals surface area contributed by atoms with Crippen molar-refractivity contribution >= 4 is 23.4 Å². The van der Waals surface area contributed by atoms with Gasteiger partial charge in [-0.1, -0.05) is 11.8 Å². The molecule has 1 aromatic heterocycles. The summed E-state index contributed by atoms with van der Waals surface area (Å²) in [6, 6.07) is 13.2. The van der Waals surface area contributed by atoms with Crippen LogP contribution in [-0.2, 0) is 11.8 Å². The molecule has 0 spiro atoms. The third-order valence-electron chi connectivity index (χ3n) is 3.72. The second-order valence-electron chi connectivity index (χ2n) is 5.67. The van der Waals surface area contributed by atoms with Gasteiger partial charge in [0.15, 0.2) is 11.0 Å². The van der Waals surface area contributed by atoms with E-state index < -0.39 is 0 Å². The van der Waals surface area contributed by atoms with E-state index in [0.29, 0.717) is 23.3 Å². The molecule has 0 saturated carbocycles. The summed E-state index contributed by atoms with van der Waals surface area (Å²) in [7, 11) is 1.85. The number of nitrogens with one attached hydrogen (secondary N) is 1. The monoisotopic (exact) mass is 386 g/mol. The third-order valence-corrected chi connectivity index (χ3v) is 4.74. The van der Waals surface area contributed by atoms with Gasteiger partial charge < -0.3 is 14.6 Å². The molecule has 3 aromatic rings. The number of benzene rings is 2. The number of aromatic nitrogens is 3. The fourth-order valence-electron chi connectivity index (χ4n) is 2.42. The number of amides is 1. The summed E-state index contributed by atoms with van der Waals surface area (Å²) >= 11 is 1.28. The minimum absolute atomic E-state index is 0.173. The zero-order valence-corrected chi connectivity index (χ0v) is 15.8. The molecule has 0 aliphatic rings.